The maximum absolute atomic E-state index is 13.3. The van der Waals surface area contributed by atoms with Gasteiger partial charge in [-0.2, -0.15) is 0 Å². The Bertz CT molecular complexity index is 1530. The van der Waals surface area contributed by atoms with Crippen molar-refractivity contribution < 1.29 is 19.0 Å². The van der Waals surface area contributed by atoms with E-state index in [-0.39, 0.29) is 0 Å². The standard InChI is InChI=1S/C32H35NO4/c1-18-26(22-14-15-25-21(17-22)11-10-16-36-25)28(30(31(34)35-7)37-32(4,5)6)19(2)29-27(18)24-13-9-8-12-23(24)20(3)33-29/h8-9,12-15,17,30H,10-11,16H2,1-7H3/t30-/m0/s1. The van der Waals surface area contributed by atoms with Gasteiger partial charge >= 0.3 is 5.97 Å². The number of benzene rings is 3. The minimum absolute atomic E-state index is 0.420. The molecule has 0 spiro atoms. The van der Waals surface area contributed by atoms with E-state index >= 15 is 0 Å². The molecule has 3 aromatic carbocycles. The summed E-state index contributed by atoms with van der Waals surface area (Å²) in [6.45, 7) is 12.8. The zero-order chi connectivity index (χ0) is 26.5. The predicted molar refractivity (Wildman–Crippen MR) is 148 cm³/mol. The Morgan fingerprint density at radius 2 is 1.76 bits per heavy atom. The van der Waals surface area contributed by atoms with Crippen LogP contribution in [0.5, 0.6) is 5.75 Å². The van der Waals surface area contributed by atoms with Gasteiger partial charge in [0.15, 0.2) is 6.10 Å². The van der Waals surface area contributed by atoms with Crippen LogP contribution >= 0.6 is 0 Å². The second-order valence-electron chi connectivity index (χ2n) is 10.9. The number of rotatable bonds is 4. The van der Waals surface area contributed by atoms with Gasteiger partial charge in [0, 0.05) is 22.0 Å². The molecule has 0 saturated carbocycles. The summed E-state index contributed by atoms with van der Waals surface area (Å²) >= 11 is 0. The fourth-order valence-electron chi connectivity index (χ4n) is 5.62. The van der Waals surface area contributed by atoms with Crippen molar-refractivity contribution in [1.29, 1.82) is 0 Å². The molecule has 192 valence electrons. The van der Waals surface area contributed by atoms with E-state index in [1.165, 1.54) is 12.7 Å². The van der Waals surface area contributed by atoms with Gasteiger partial charge in [0.25, 0.3) is 0 Å². The Morgan fingerprint density at radius 1 is 1.03 bits per heavy atom. The van der Waals surface area contributed by atoms with Crippen molar-refractivity contribution in [2.45, 2.75) is 66.1 Å². The Morgan fingerprint density at radius 3 is 2.46 bits per heavy atom. The highest BCUT2D eigenvalue weighted by Crippen LogP contribution is 2.45. The number of aromatic nitrogens is 1. The highest BCUT2D eigenvalue weighted by atomic mass is 16.6. The van der Waals surface area contributed by atoms with Crippen LogP contribution in [-0.4, -0.2) is 30.3 Å². The van der Waals surface area contributed by atoms with Crippen molar-refractivity contribution in [2.75, 3.05) is 13.7 Å². The van der Waals surface area contributed by atoms with E-state index in [1.54, 1.807) is 0 Å². The van der Waals surface area contributed by atoms with Crippen molar-refractivity contribution in [3.63, 3.8) is 0 Å². The topological polar surface area (TPSA) is 57.7 Å². The number of methoxy groups -OCH3 is 1. The number of fused-ring (bicyclic) bond motifs is 4. The van der Waals surface area contributed by atoms with Crippen molar-refractivity contribution in [2.24, 2.45) is 0 Å². The summed E-state index contributed by atoms with van der Waals surface area (Å²) in [6, 6.07) is 14.8. The number of ether oxygens (including phenoxy) is 3. The van der Waals surface area contributed by atoms with Gasteiger partial charge in [0.2, 0.25) is 0 Å². The van der Waals surface area contributed by atoms with Crippen LogP contribution in [0.25, 0.3) is 32.8 Å². The monoisotopic (exact) mass is 497 g/mol. The highest BCUT2D eigenvalue weighted by molar-refractivity contribution is 6.12. The fourth-order valence-corrected chi connectivity index (χ4v) is 5.62. The third-order valence-electron chi connectivity index (χ3n) is 7.23. The molecule has 1 aliphatic heterocycles. The number of aryl methyl sites for hydroxylation is 4. The molecule has 5 heteroatoms. The average Bonchev–Trinajstić information content (AvgIpc) is 2.88. The molecular weight excluding hydrogens is 462 g/mol. The molecule has 1 aromatic heterocycles. The summed E-state index contributed by atoms with van der Waals surface area (Å²) in [7, 11) is 1.41. The van der Waals surface area contributed by atoms with E-state index in [9.17, 15) is 4.79 Å². The summed E-state index contributed by atoms with van der Waals surface area (Å²) in [6.07, 6.45) is 1.06. The lowest BCUT2D eigenvalue weighted by atomic mass is 9.83. The third kappa shape index (κ3) is 4.46. The van der Waals surface area contributed by atoms with Gasteiger partial charge in [-0.1, -0.05) is 30.3 Å². The van der Waals surface area contributed by atoms with E-state index in [0.29, 0.717) is 0 Å². The van der Waals surface area contributed by atoms with E-state index in [0.717, 1.165) is 80.4 Å². The zero-order valence-corrected chi connectivity index (χ0v) is 22.8. The van der Waals surface area contributed by atoms with Crippen LogP contribution in [0.2, 0.25) is 0 Å². The van der Waals surface area contributed by atoms with Crippen molar-refractivity contribution in [1.82, 2.24) is 4.98 Å². The second-order valence-corrected chi connectivity index (χ2v) is 10.9. The molecule has 1 atom stereocenters. The summed E-state index contributed by atoms with van der Waals surface area (Å²) in [5, 5.41) is 3.39. The highest BCUT2D eigenvalue weighted by Gasteiger charge is 2.34. The molecule has 4 aromatic rings. The smallest absolute Gasteiger partial charge is 0.339 e. The van der Waals surface area contributed by atoms with Gasteiger partial charge in [0.05, 0.1) is 24.8 Å². The van der Waals surface area contributed by atoms with Crippen LogP contribution in [0.15, 0.2) is 42.5 Å². The molecule has 0 amide bonds. The molecule has 2 heterocycles. The minimum atomic E-state index is -0.899. The number of esters is 1. The SMILES string of the molecule is COC(=O)[C@@H](OC(C)(C)C)c1c(-c2ccc3c(c2)CCCO3)c(C)c2c(nc(C)c3ccccc32)c1C. The molecule has 0 N–H and O–H groups in total. The Kier molecular flexibility index (Phi) is 6.45. The minimum Gasteiger partial charge on any atom is -0.493 e. The molecule has 1 aliphatic rings. The molecule has 5 rings (SSSR count). The molecule has 0 fully saturated rings. The number of nitrogens with zero attached hydrogens (tertiary/aromatic N) is 1. The molecule has 5 nitrogen and oxygen atoms in total. The van der Waals surface area contributed by atoms with Crippen LogP contribution in [0.3, 0.4) is 0 Å². The maximum Gasteiger partial charge on any atom is 0.339 e. The normalized spacial score (nSPS) is 14.4. The molecule has 0 unspecified atom stereocenters. The van der Waals surface area contributed by atoms with E-state index < -0.39 is 17.7 Å². The van der Waals surface area contributed by atoms with Gasteiger partial charge < -0.3 is 14.2 Å². The number of carbonyl (C=O) groups excluding carboxylic acids is 1. The van der Waals surface area contributed by atoms with Crippen molar-refractivity contribution in [3.8, 4) is 16.9 Å². The van der Waals surface area contributed by atoms with Crippen LogP contribution < -0.4 is 4.74 Å². The number of hydrogen-bond donors (Lipinski definition) is 0. The molecule has 0 aliphatic carbocycles. The number of carbonyl (C=O) groups is 1. The molecule has 0 radical (unpaired) electrons. The second kappa shape index (κ2) is 9.46. The largest absolute Gasteiger partial charge is 0.493 e. The third-order valence-corrected chi connectivity index (χ3v) is 7.23. The Labute approximate surface area is 218 Å². The number of pyridine rings is 1. The van der Waals surface area contributed by atoms with Crippen LogP contribution in [0.1, 0.15) is 61.2 Å². The lowest BCUT2D eigenvalue weighted by Crippen LogP contribution is -2.29. The average molecular weight is 498 g/mol. The first-order chi connectivity index (χ1) is 17.6. The number of hydrogen-bond acceptors (Lipinski definition) is 5. The predicted octanol–water partition coefficient (Wildman–Crippen LogP) is 7.33. The lowest BCUT2D eigenvalue weighted by molar-refractivity contribution is -0.164. The van der Waals surface area contributed by atoms with Crippen LogP contribution in [0.4, 0.5) is 0 Å². The molecule has 37 heavy (non-hydrogen) atoms. The maximum atomic E-state index is 13.3. The summed E-state index contributed by atoms with van der Waals surface area (Å²) in [4.78, 5) is 18.4. The first-order valence-electron chi connectivity index (χ1n) is 12.9. The van der Waals surface area contributed by atoms with Gasteiger partial charge in [-0.15, -0.1) is 0 Å². The Balaban J connectivity index is 1.93. The fraction of sp³-hybridized carbons (Fsp3) is 0.375. The first-order valence-corrected chi connectivity index (χ1v) is 12.9. The van der Waals surface area contributed by atoms with Gasteiger partial charge in [-0.3, -0.25) is 4.98 Å². The van der Waals surface area contributed by atoms with E-state index in [1.807, 2.05) is 40.7 Å². The first kappa shape index (κ1) is 25.2. The molecule has 0 bridgehead atoms. The lowest BCUT2D eigenvalue weighted by Gasteiger charge is -2.30. The Hall–Kier alpha value is -3.44. The van der Waals surface area contributed by atoms with Gasteiger partial charge in [-0.25, -0.2) is 4.79 Å². The summed E-state index contributed by atoms with van der Waals surface area (Å²) in [5.41, 5.74) is 7.31. The van der Waals surface area contributed by atoms with Crippen molar-refractivity contribution in [3.05, 3.63) is 70.4 Å². The van der Waals surface area contributed by atoms with E-state index in [2.05, 4.69) is 43.3 Å². The quantitative estimate of drug-likeness (QED) is 0.218. The van der Waals surface area contributed by atoms with Crippen molar-refractivity contribution >= 4 is 27.6 Å². The van der Waals surface area contributed by atoms with Crippen LogP contribution in [-0.2, 0) is 20.7 Å². The van der Waals surface area contributed by atoms with E-state index in [4.69, 9.17) is 19.2 Å². The zero-order valence-electron chi connectivity index (χ0n) is 22.8. The molecule has 0 saturated heterocycles. The van der Waals surface area contributed by atoms with Gasteiger partial charge in [-0.05, 0) is 99.7 Å². The molecular formula is C32H35NO4. The summed E-state index contributed by atoms with van der Waals surface area (Å²) in [5.74, 6) is 0.516. The van der Waals surface area contributed by atoms with Crippen LogP contribution in [0, 0.1) is 20.8 Å². The summed E-state index contributed by atoms with van der Waals surface area (Å²) < 4.78 is 17.6. The van der Waals surface area contributed by atoms with Gasteiger partial charge in [0.1, 0.15) is 5.75 Å².